The Kier molecular flexibility index (Phi) is 2.35. The van der Waals surface area contributed by atoms with E-state index >= 15 is 0 Å². The minimum atomic E-state index is -3.55. The fraction of sp³-hybridized carbons (Fsp3) is 0.538. The molecule has 0 aliphatic heterocycles. The SMILES string of the molecule is Cc1ccc(S(=O)(=O)OCC2CC23CC3)cc1. The van der Waals surface area contributed by atoms with Gasteiger partial charge in [0.25, 0.3) is 10.1 Å². The predicted octanol–water partition coefficient (Wildman–Crippen LogP) is 2.50. The highest BCUT2D eigenvalue weighted by Crippen LogP contribution is 2.70. The third-order valence-electron chi connectivity index (χ3n) is 3.99. The highest BCUT2D eigenvalue weighted by molar-refractivity contribution is 7.86. The Morgan fingerprint density at radius 2 is 1.94 bits per heavy atom. The summed E-state index contributed by atoms with van der Waals surface area (Å²) < 4.78 is 28.9. The van der Waals surface area contributed by atoms with Crippen LogP contribution in [0.25, 0.3) is 0 Å². The van der Waals surface area contributed by atoms with Crippen molar-refractivity contribution >= 4 is 10.1 Å². The molecule has 2 aliphatic carbocycles. The van der Waals surface area contributed by atoms with Gasteiger partial charge in [-0.3, -0.25) is 4.18 Å². The highest BCUT2D eigenvalue weighted by atomic mass is 32.2. The van der Waals surface area contributed by atoms with Crippen LogP contribution in [-0.2, 0) is 14.3 Å². The van der Waals surface area contributed by atoms with Gasteiger partial charge in [0.1, 0.15) is 0 Å². The maximum atomic E-state index is 11.9. The van der Waals surface area contributed by atoms with Gasteiger partial charge in [-0.2, -0.15) is 8.42 Å². The summed E-state index contributed by atoms with van der Waals surface area (Å²) in [5.41, 5.74) is 1.53. The Balaban J connectivity index is 1.66. The average Bonchev–Trinajstić information content (AvgIpc) is 3.19. The quantitative estimate of drug-likeness (QED) is 0.773. The van der Waals surface area contributed by atoms with Crippen LogP contribution in [-0.4, -0.2) is 15.0 Å². The fourth-order valence-corrected chi connectivity index (χ4v) is 3.33. The zero-order valence-electron chi connectivity index (χ0n) is 9.85. The second-order valence-electron chi connectivity index (χ2n) is 5.32. The standard InChI is InChI=1S/C13H16O3S/c1-10-2-4-12(5-3-10)17(14,15)16-9-11-8-13(11)6-7-13/h2-5,11H,6-9H2,1H3. The topological polar surface area (TPSA) is 43.4 Å². The normalized spacial score (nSPS) is 24.9. The van der Waals surface area contributed by atoms with E-state index in [1.807, 2.05) is 6.92 Å². The van der Waals surface area contributed by atoms with Gasteiger partial charge in [-0.25, -0.2) is 0 Å². The van der Waals surface area contributed by atoms with Crippen molar-refractivity contribution < 1.29 is 12.6 Å². The molecule has 1 atom stereocenters. The third kappa shape index (κ3) is 2.11. The zero-order chi connectivity index (χ0) is 12.1. The summed E-state index contributed by atoms with van der Waals surface area (Å²) >= 11 is 0. The molecular weight excluding hydrogens is 236 g/mol. The molecule has 1 aromatic carbocycles. The molecule has 2 fully saturated rings. The van der Waals surface area contributed by atoms with E-state index in [0.717, 1.165) is 12.0 Å². The van der Waals surface area contributed by atoms with Crippen LogP contribution >= 0.6 is 0 Å². The molecule has 0 N–H and O–H groups in total. The first-order chi connectivity index (χ1) is 8.02. The number of benzene rings is 1. The van der Waals surface area contributed by atoms with Crippen molar-refractivity contribution in [3.05, 3.63) is 29.8 Å². The van der Waals surface area contributed by atoms with Crippen molar-refractivity contribution in [2.45, 2.75) is 31.1 Å². The van der Waals surface area contributed by atoms with Gasteiger partial charge in [0, 0.05) is 0 Å². The molecule has 0 heterocycles. The maximum Gasteiger partial charge on any atom is 0.296 e. The van der Waals surface area contributed by atoms with Crippen LogP contribution in [0, 0.1) is 18.3 Å². The van der Waals surface area contributed by atoms with Gasteiger partial charge in [-0.15, -0.1) is 0 Å². The Morgan fingerprint density at radius 1 is 1.29 bits per heavy atom. The predicted molar refractivity (Wildman–Crippen MR) is 64.1 cm³/mol. The van der Waals surface area contributed by atoms with Crippen molar-refractivity contribution in [3.8, 4) is 0 Å². The average molecular weight is 252 g/mol. The second kappa shape index (κ2) is 3.56. The number of aryl methyl sites for hydroxylation is 1. The largest absolute Gasteiger partial charge is 0.296 e. The molecule has 0 aromatic heterocycles. The van der Waals surface area contributed by atoms with Gasteiger partial charge in [-0.05, 0) is 49.7 Å². The van der Waals surface area contributed by atoms with Crippen LogP contribution in [0.5, 0.6) is 0 Å². The maximum absolute atomic E-state index is 11.9. The van der Waals surface area contributed by atoms with E-state index in [1.54, 1.807) is 24.3 Å². The Bertz CT molecular complexity index is 526. The molecule has 92 valence electrons. The number of hydrogen-bond donors (Lipinski definition) is 0. The van der Waals surface area contributed by atoms with E-state index in [2.05, 4.69) is 0 Å². The van der Waals surface area contributed by atoms with Crippen molar-refractivity contribution in [2.75, 3.05) is 6.61 Å². The molecule has 4 heteroatoms. The van der Waals surface area contributed by atoms with Gasteiger partial charge >= 0.3 is 0 Å². The molecule has 1 unspecified atom stereocenters. The Hall–Kier alpha value is -0.870. The first kappa shape index (κ1) is 11.2. The summed E-state index contributed by atoms with van der Waals surface area (Å²) in [7, 11) is -3.55. The lowest BCUT2D eigenvalue weighted by atomic mass is 10.2. The van der Waals surface area contributed by atoms with Crippen LogP contribution in [0.3, 0.4) is 0 Å². The van der Waals surface area contributed by atoms with Gasteiger partial charge in [0.2, 0.25) is 0 Å². The van der Waals surface area contributed by atoms with Crippen molar-refractivity contribution in [1.29, 1.82) is 0 Å². The molecule has 1 spiro atoms. The van der Waals surface area contributed by atoms with Crippen LogP contribution in [0.15, 0.2) is 29.2 Å². The molecule has 0 amide bonds. The number of rotatable bonds is 4. The first-order valence-electron chi connectivity index (χ1n) is 5.98. The van der Waals surface area contributed by atoms with Crippen LogP contribution < -0.4 is 0 Å². The summed E-state index contributed by atoms with van der Waals surface area (Å²) in [5.74, 6) is 0.475. The van der Waals surface area contributed by atoms with Gasteiger partial charge < -0.3 is 0 Å². The molecule has 17 heavy (non-hydrogen) atoms. The molecule has 0 saturated heterocycles. The van der Waals surface area contributed by atoms with Gasteiger partial charge in [0.05, 0.1) is 11.5 Å². The highest BCUT2D eigenvalue weighted by Gasteiger charge is 2.62. The molecule has 0 bridgehead atoms. The monoisotopic (exact) mass is 252 g/mol. The first-order valence-corrected chi connectivity index (χ1v) is 7.39. The minimum Gasteiger partial charge on any atom is -0.266 e. The lowest BCUT2D eigenvalue weighted by Crippen LogP contribution is -2.09. The van der Waals surface area contributed by atoms with Gasteiger partial charge in [0.15, 0.2) is 0 Å². The van der Waals surface area contributed by atoms with E-state index in [0.29, 0.717) is 17.9 Å². The van der Waals surface area contributed by atoms with E-state index in [4.69, 9.17) is 4.18 Å². The molecule has 3 rings (SSSR count). The molecule has 0 radical (unpaired) electrons. The summed E-state index contributed by atoms with van der Waals surface area (Å²) in [4.78, 5) is 0.258. The number of hydrogen-bond acceptors (Lipinski definition) is 3. The van der Waals surface area contributed by atoms with E-state index in [-0.39, 0.29) is 4.90 Å². The summed E-state index contributed by atoms with van der Waals surface area (Å²) in [6.45, 7) is 2.29. The van der Waals surface area contributed by atoms with Gasteiger partial charge in [-0.1, -0.05) is 17.7 Å². The fourth-order valence-electron chi connectivity index (χ4n) is 2.39. The van der Waals surface area contributed by atoms with Crippen molar-refractivity contribution in [2.24, 2.45) is 11.3 Å². The Morgan fingerprint density at radius 3 is 2.47 bits per heavy atom. The molecule has 2 aliphatic rings. The minimum absolute atomic E-state index is 0.258. The van der Waals surface area contributed by atoms with E-state index < -0.39 is 10.1 Å². The lowest BCUT2D eigenvalue weighted by Gasteiger charge is -2.05. The second-order valence-corrected chi connectivity index (χ2v) is 6.93. The van der Waals surface area contributed by atoms with Crippen molar-refractivity contribution in [3.63, 3.8) is 0 Å². The molecular formula is C13H16O3S. The van der Waals surface area contributed by atoms with Crippen molar-refractivity contribution in [1.82, 2.24) is 0 Å². The zero-order valence-corrected chi connectivity index (χ0v) is 10.7. The molecule has 1 aromatic rings. The molecule has 3 nitrogen and oxygen atoms in total. The van der Waals surface area contributed by atoms with E-state index in [9.17, 15) is 8.42 Å². The smallest absolute Gasteiger partial charge is 0.266 e. The Labute approximate surface area is 102 Å². The van der Waals surface area contributed by atoms with Crippen LogP contribution in [0.1, 0.15) is 24.8 Å². The third-order valence-corrected chi connectivity index (χ3v) is 5.28. The summed E-state index contributed by atoms with van der Waals surface area (Å²) in [6.07, 6.45) is 3.66. The summed E-state index contributed by atoms with van der Waals surface area (Å²) in [5, 5.41) is 0. The molecule has 2 saturated carbocycles. The van der Waals surface area contributed by atoms with E-state index in [1.165, 1.54) is 12.8 Å². The lowest BCUT2D eigenvalue weighted by molar-refractivity contribution is 0.293. The summed E-state index contributed by atoms with van der Waals surface area (Å²) in [6, 6.07) is 6.78. The van der Waals surface area contributed by atoms with Crippen LogP contribution in [0.2, 0.25) is 0 Å². The van der Waals surface area contributed by atoms with Crippen LogP contribution in [0.4, 0.5) is 0 Å².